The van der Waals surface area contributed by atoms with Gasteiger partial charge in [0.2, 0.25) is 5.91 Å². The number of aliphatic hydroxyl groups excluding tert-OH is 5. The van der Waals surface area contributed by atoms with Crippen molar-refractivity contribution in [3.8, 4) is 0 Å². The molecule has 1 rings (SSSR count). The van der Waals surface area contributed by atoms with Gasteiger partial charge in [-0.05, 0) is 19.3 Å². The molecule has 0 spiro atoms. The molecule has 0 saturated carbocycles. The van der Waals surface area contributed by atoms with Crippen LogP contribution in [0, 0.1) is 0 Å². The Labute approximate surface area is 261 Å². The number of carbonyl (C=O) groups is 1. The van der Waals surface area contributed by atoms with Gasteiger partial charge < -0.3 is 40.3 Å². The fourth-order valence-electron chi connectivity index (χ4n) is 5.45. The fraction of sp³-hybridized carbons (Fsp3) is 0.912. The van der Waals surface area contributed by atoms with E-state index < -0.39 is 49.5 Å². The van der Waals surface area contributed by atoms with Crippen molar-refractivity contribution in [1.82, 2.24) is 5.32 Å². The van der Waals surface area contributed by atoms with Crippen molar-refractivity contribution in [2.24, 2.45) is 0 Å². The van der Waals surface area contributed by atoms with Gasteiger partial charge in [0.25, 0.3) is 0 Å². The summed E-state index contributed by atoms with van der Waals surface area (Å²) in [5, 5.41) is 53.6. The topological polar surface area (TPSA) is 149 Å². The highest BCUT2D eigenvalue weighted by Crippen LogP contribution is 2.22. The predicted octanol–water partition coefficient (Wildman–Crippen LogP) is 5.05. The van der Waals surface area contributed by atoms with Crippen LogP contribution in [-0.2, 0) is 14.3 Å². The molecular weight excluding hydrogens is 550 g/mol. The highest BCUT2D eigenvalue weighted by atomic mass is 16.7. The van der Waals surface area contributed by atoms with E-state index >= 15 is 0 Å². The molecule has 0 aliphatic carbocycles. The Bertz CT molecular complexity index is 691. The first kappa shape index (κ1) is 40.0. The monoisotopic (exact) mass is 615 g/mol. The molecule has 0 aromatic carbocycles. The highest BCUT2D eigenvalue weighted by molar-refractivity contribution is 5.76. The van der Waals surface area contributed by atoms with Crippen molar-refractivity contribution in [1.29, 1.82) is 0 Å². The lowest BCUT2D eigenvalue weighted by Gasteiger charge is -2.40. The first-order valence-corrected chi connectivity index (χ1v) is 17.4. The quantitative estimate of drug-likeness (QED) is 0.0556. The number of nitrogens with one attached hydrogen (secondary N) is 1. The Morgan fingerprint density at radius 1 is 0.767 bits per heavy atom. The van der Waals surface area contributed by atoms with Crippen LogP contribution in [0.1, 0.15) is 142 Å². The molecule has 9 heteroatoms. The summed E-state index contributed by atoms with van der Waals surface area (Å²) in [4.78, 5) is 12.7. The molecule has 1 heterocycles. The number of carbonyl (C=O) groups excluding carboxylic acids is 1. The molecule has 7 unspecified atom stereocenters. The van der Waals surface area contributed by atoms with E-state index in [4.69, 9.17) is 9.47 Å². The molecule has 0 radical (unpaired) electrons. The summed E-state index contributed by atoms with van der Waals surface area (Å²) in [6, 6.07) is -0.794. The number of ether oxygens (including phenoxy) is 2. The molecule has 6 N–H and O–H groups in total. The lowest BCUT2D eigenvalue weighted by atomic mass is 9.99. The third-order valence-corrected chi connectivity index (χ3v) is 8.36. The van der Waals surface area contributed by atoms with Gasteiger partial charge in [0.15, 0.2) is 6.29 Å². The number of unbranched alkanes of at least 4 members (excludes halogenated alkanes) is 17. The van der Waals surface area contributed by atoms with Crippen molar-refractivity contribution in [3.05, 3.63) is 12.2 Å². The van der Waals surface area contributed by atoms with Crippen LogP contribution >= 0.6 is 0 Å². The van der Waals surface area contributed by atoms with E-state index in [1.54, 1.807) is 6.08 Å². The smallest absolute Gasteiger partial charge is 0.220 e. The largest absolute Gasteiger partial charge is 0.394 e. The number of aliphatic hydroxyl groups is 5. The first-order valence-electron chi connectivity index (χ1n) is 17.4. The van der Waals surface area contributed by atoms with Gasteiger partial charge in [-0.1, -0.05) is 129 Å². The maximum absolute atomic E-state index is 12.7. The Hall–Kier alpha value is -1.07. The minimum atomic E-state index is -1.56. The van der Waals surface area contributed by atoms with Crippen LogP contribution in [-0.4, -0.2) is 87.5 Å². The van der Waals surface area contributed by atoms with E-state index in [0.717, 1.165) is 38.5 Å². The summed E-state index contributed by atoms with van der Waals surface area (Å²) < 4.78 is 11.1. The number of allylic oxidation sites excluding steroid dienone is 1. The fourth-order valence-corrected chi connectivity index (χ4v) is 5.45. The van der Waals surface area contributed by atoms with E-state index in [1.807, 2.05) is 6.08 Å². The van der Waals surface area contributed by atoms with E-state index in [2.05, 4.69) is 19.2 Å². The van der Waals surface area contributed by atoms with Crippen molar-refractivity contribution in [2.75, 3.05) is 13.2 Å². The maximum Gasteiger partial charge on any atom is 0.220 e. The molecule has 1 fully saturated rings. The molecule has 7 atom stereocenters. The van der Waals surface area contributed by atoms with Gasteiger partial charge in [-0.25, -0.2) is 0 Å². The highest BCUT2D eigenvalue weighted by Gasteiger charge is 2.44. The van der Waals surface area contributed by atoms with Crippen LogP contribution in [0.3, 0.4) is 0 Å². The average Bonchev–Trinajstić information content (AvgIpc) is 3.00. The van der Waals surface area contributed by atoms with Crippen LogP contribution in [0.5, 0.6) is 0 Å². The minimum absolute atomic E-state index is 0.185. The van der Waals surface area contributed by atoms with Gasteiger partial charge in [-0.3, -0.25) is 4.79 Å². The van der Waals surface area contributed by atoms with Gasteiger partial charge in [0.05, 0.1) is 25.4 Å². The summed E-state index contributed by atoms with van der Waals surface area (Å²) in [6.07, 6.45) is 18.4. The van der Waals surface area contributed by atoms with Crippen LogP contribution < -0.4 is 5.32 Å². The number of amides is 1. The maximum atomic E-state index is 12.7. The van der Waals surface area contributed by atoms with Gasteiger partial charge in [0.1, 0.15) is 24.4 Å². The normalized spacial score (nSPS) is 23.9. The van der Waals surface area contributed by atoms with Crippen LogP contribution in [0.25, 0.3) is 0 Å². The molecule has 0 aromatic rings. The SMILES string of the molecule is CCCCCCCCCCCC/C=C/C(O)C(COC1OC(CO)C(O)C(O)C1O)NC(=O)CCCCCCCCCC. The van der Waals surface area contributed by atoms with Crippen molar-refractivity contribution < 1.29 is 39.8 Å². The lowest BCUT2D eigenvalue weighted by Crippen LogP contribution is -2.60. The van der Waals surface area contributed by atoms with Crippen molar-refractivity contribution in [3.63, 3.8) is 0 Å². The lowest BCUT2D eigenvalue weighted by molar-refractivity contribution is -0.302. The zero-order chi connectivity index (χ0) is 31.7. The molecule has 254 valence electrons. The Morgan fingerprint density at radius 2 is 1.28 bits per heavy atom. The molecule has 1 saturated heterocycles. The molecule has 0 bridgehead atoms. The third-order valence-electron chi connectivity index (χ3n) is 8.36. The summed E-state index contributed by atoms with van der Waals surface area (Å²) >= 11 is 0. The van der Waals surface area contributed by atoms with Gasteiger partial charge in [-0.2, -0.15) is 0 Å². The van der Waals surface area contributed by atoms with Gasteiger partial charge in [0, 0.05) is 6.42 Å². The molecule has 1 aliphatic rings. The van der Waals surface area contributed by atoms with Gasteiger partial charge in [-0.15, -0.1) is 0 Å². The molecule has 1 aliphatic heterocycles. The zero-order valence-electron chi connectivity index (χ0n) is 27.2. The average molecular weight is 616 g/mol. The van der Waals surface area contributed by atoms with E-state index in [-0.39, 0.29) is 12.5 Å². The molecule has 1 amide bonds. The van der Waals surface area contributed by atoms with Crippen molar-refractivity contribution >= 4 is 5.91 Å². The molecule has 43 heavy (non-hydrogen) atoms. The van der Waals surface area contributed by atoms with E-state index in [9.17, 15) is 30.3 Å². The van der Waals surface area contributed by atoms with E-state index in [1.165, 1.54) is 83.5 Å². The number of hydrogen-bond acceptors (Lipinski definition) is 8. The van der Waals surface area contributed by atoms with Crippen LogP contribution in [0.4, 0.5) is 0 Å². The molecule has 0 aromatic heterocycles. The summed E-state index contributed by atoms with van der Waals surface area (Å²) in [7, 11) is 0. The summed E-state index contributed by atoms with van der Waals surface area (Å²) in [6.45, 7) is 3.69. The van der Waals surface area contributed by atoms with E-state index in [0.29, 0.717) is 6.42 Å². The zero-order valence-corrected chi connectivity index (χ0v) is 27.2. The summed E-state index contributed by atoms with van der Waals surface area (Å²) in [5.74, 6) is -0.185. The first-order chi connectivity index (χ1) is 20.8. The standard InChI is InChI=1S/C34H65NO8/c1-3-5-7-9-11-13-14-15-16-17-19-21-23-28(37)27(35-30(38)24-22-20-18-12-10-8-6-4-2)26-42-34-33(41)32(40)31(39)29(25-36)43-34/h21,23,27-29,31-34,36-37,39-41H,3-20,22,24-26H2,1-2H3,(H,35,38)/b23-21+. The summed E-state index contributed by atoms with van der Waals surface area (Å²) in [5.41, 5.74) is 0. The predicted molar refractivity (Wildman–Crippen MR) is 170 cm³/mol. The second kappa shape index (κ2) is 26.2. The second-order valence-electron chi connectivity index (χ2n) is 12.3. The van der Waals surface area contributed by atoms with Crippen LogP contribution in [0.2, 0.25) is 0 Å². The number of hydrogen-bond donors (Lipinski definition) is 6. The van der Waals surface area contributed by atoms with Crippen LogP contribution in [0.15, 0.2) is 12.2 Å². The van der Waals surface area contributed by atoms with Gasteiger partial charge >= 0.3 is 0 Å². The molecule has 9 nitrogen and oxygen atoms in total. The Balaban J connectivity index is 2.52. The Morgan fingerprint density at radius 3 is 1.81 bits per heavy atom. The van der Waals surface area contributed by atoms with Crippen molar-refractivity contribution in [2.45, 2.75) is 185 Å². The molecular formula is C34H65NO8. The Kier molecular flexibility index (Phi) is 24.3. The second-order valence-corrected chi connectivity index (χ2v) is 12.3. The minimum Gasteiger partial charge on any atom is -0.394 e. The third kappa shape index (κ3) is 18.5. The number of rotatable bonds is 27.